The molecule has 5 nitrogen and oxygen atoms in total. The lowest BCUT2D eigenvalue weighted by Crippen LogP contribution is -2.38. The fraction of sp³-hybridized carbons (Fsp3) is 0.250. The van der Waals surface area contributed by atoms with Gasteiger partial charge in [0.05, 0.1) is 6.54 Å². The minimum Gasteiger partial charge on any atom is -0.389 e. The summed E-state index contributed by atoms with van der Waals surface area (Å²) < 4.78 is 0. The summed E-state index contributed by atoms with van der Waals surface area (Å²) in [5.74, 6) is -0.815. The van der Waals surface area contributed by atoms with Crippen molar-refractivity contribution in [3.8, 4) is 0 Å². The summed E-state index contributed by atoms with van der Waals surface area (Å²) in [6, 6.07) is 6.67. The van der Waals surface area contributed by atoms with E-state index >= 15 is 0 Å². The predicted octanol–water partition coefficient (Wildman–Crippen LogP) is 0.268. The molecule has 0 radical (unpaired) electrons. The van der Waals surface area contributed by atoms with Gasteiger partial charge in [0.1, 0.15) is 4.99 Å². The van der Waals surface area contributed by atoms with Crippen LogP contribution in [0, 0.1) is 0 Å². The number of primary amides is 1. The van der Waals surface area contributed by atoms with Crippen molar-refractivity contribution in [1.82, 2.24) is 4.90 Å². The number of carbonyl (C=O) groups excluding carboxylic acids is 2. The van der Waals surface area contributed by atoms with Gasteiger partial charge in [-0.25, -0.2) is 0 Å². The number of benzene rings is 1. The molecule has 0 aliphatic rings. The van der Waals surface area contributed by atoms with Crippen molar-refractivity contribution >= 4 is 29.0 Å². The van der Waals surface area contributed by atoms with Crippen LogP contribution in [0.5, 0.6) is 0 Å². The molecule has 0 heterocycles. The summed E-state index contributed by atoms with van der Waals surface area (Å²) in [6.07, 6.45) is 0. The Morgan fingerprint density at radius 2 is 1.89 bits per heavy atom. The predicted molar refractivity (Wildman–Crippen MR) is 73.1 cm³/mol. The molecule has 0 bridgehead atoms. The fourth-order valence-electron chi connectivity index (χ4n) is 1.50. The van der Waals surface area contributed by atoms with Gasteiger partial charge in [0.2, 0.25) is 5.91 Å². The second kappa shape index (κ2) is 6.11. The monoisotopic (exact) mass is 265 g/mol. The maximum atomic E-state index is 12.1. The van der Waals surface area contributed by atoms with Gasteiger partial charge in [-0.1, -0.05) is 24.4 Å². The third-order valence-corrected chi connectivity index (χ3v) is 2.65. The Labute approximate surface area is 111 Å². The minimum absolute atomic E-state index is 0.105. The largest absolute Gasteiger partial charge is 0.389 e. The minimum atomic E-state index is -0.546. The van der Waals surface area contributed by atoms with Gasteiger partial charge in [-0.3, -0.25) is 9.59 Å². The van der Waals surface area contributed by atoms with E-state index in [0.717, 1.165) is 0 Å². The normalized spacial score (nSPS) is 9.83. The van der Waals surface area contributed by atoms with Crippen molar-refractivity contribution in [2.45, 2.75) is 6.92 Å². The average Bonchev–Trinajstić information content (AvgIpc) is 2.35. The molecule has 0 aromatic heterocycles. The van der Waals surface area contributed by atoms with Crippen molar-refractivity contribution in [1.29, 1.82) is 0 Å². The first kappa shape index (κ1) is 14.1. The van der Waals surface area contributed by atoms with Crippen molar-refractivity contribution < 1.29 is 9.59 Å². The van der Waals surface area contributed by atoms with E-state index < -0.39 is 5.91 Å². The molecule has 0 spiro atoms. The molecule has 0 atom stereocenters. The van der Waals surface area contributed by atoms with E-state index in [4.69, 9.17) is 23.7 Å². The van der Waals surface area contributed by atoms with Crippen LogP contribution in [0.4, 0.5) is 0 Å². The summed E-state index contributed by atoms with van der Waals surface area (Å²) in [7, 11) is 0. The topological polar surface area (TPSA) is 89.4 Å². The standard InChI is InChI=1S/C12H15N3O2S/c1-2-15(7-10(13)16)12(17)9-5-3-4-8(6-9)11(14)18/h3-6H,2,7H2,1H3,(H2,13,16)(H2,14,18). The molecule has 18 heavy (non-hydrogen) atoms. The van der Waals surface area contributed by atoms with E-state index in [1.807, 2.05) is 0 Å². The number of nitrogens with two attached hydrogens (primary N) is 2. The second-order valence-electron chi connectivity index (χ2n) is 3.73. The Morgan fingerprint density at radius 3 is 2.39 bits per heavy atom. The summed E-state index contributed by atoms with van der Waals surface area (Å²) >= 11 is 4.85. The summed E-state index contributed by atoms with van der Waals surface area (Å²) in [5, 5.41) is 0. The second-order valence-corrected chi connectivity index (χ2v) is 4.17. The van der Waals surface area contributed by atoms with Crippen LogP contribution in [0.25, 0.3) is 0 Å². The van der Waals surface area contributed by atoms with Gasteiger partial charge in [-0.05, 0) is 19.1 Å². The van der Waals surface area contributed by atoms with Gasteiger partial charge in [0.15, 0.2) is 0 Å². The van der Waals surface area contributed by atoms with Crippen LogP contribution >= 0.6 is 12.2 Å². The first-order valence-corrected chi connectivity index (χ1v) is 5.84. The molecule has 0 saturated carbocycles. The number of likely N-dealkylation sites (N-methyl/N-ethyl adjacent to an activating group) is 1. The number of thiocarbonyl (C=S) groups is 1. The highest BCUT2D eigenvalue weighted by atomic mass is 32.1. The van der Waals surface area contributed by atoms with Crippen molar-refractivity contribution in [2.24, 2.45) is 11.5 Å². The van der Waals surface area contributed by atoms with Gasteiger partial charge in [0.25, 0.3) is 5.91 Å². The molecule has 0 fully saturated rings. The Kier molecular flexibility index (Phi) is 4.79. The molecule has 1 aromatic rings. The number of hydrogen-bond donors (Lipinski definition) is 2. The van der Waals surface area contributed by atoms with Crippen LogP contribution in [0.3, 0.4) is 0 Å². The molecule has 0 saturated heterocycles. The molecule has 0 unspecified atom stereocenters. The molecular formula is C12H15N3O2S. The average molecular weight is 265 g/mol. The van der Waals surface area contributed by atoms with Gasteiger partial charge < -0.3 is 16.4 Å². The zero-order valence-corrected chi connectivity index (χ0v) is 10.9. The van der Waals surface area contributed by atoms with Crippen LogP contribution in [0.15, 0.2) is 24.3 Å². The Balaban J connectivity index is 2.98. The SMILES string of the molecule is CCN(CC(N)=O)C(=O)c1cccc(C(N)=S)c1. The van der Waals surface area contributed by atoms with Crippen LogP contribution in [0.1, 0.15) is 22.8 Å². The van der Waals surface area contributed by atoms with Gasteiger partial charge in [-0.2, -0.15) is 0 Å². The number of rotatable bonds is 5. The maximum absolute atomic E-state index is 12.1. The summed E-state index contributed by atoms with van der Waals surface area (Å²) in [5.41, 5.74) is 11.6. The molecule has 2 amide bonds. The van der Waals surface area contributed by atoms with Crippen LogP contribution in [-0.2, 0) is 4.79 Å². The lowest BCUT2D eigenvalue weighted by Gasteiger charge is -2.19. The number of hydrogen-bond acceptors (Lipinski definition) is 3. The molecule has 6 heteroatoms. The molecule has 96 valence electrons. The number of carbonyl (C=O) groups is 2. The van der Waals surface area contributed by atoms with Crippen molar-refractivity contribution in [3.63, 3.8) is 0 Å². The summed E-state index contributed by atoms with van der Waals surface area (Å²) in [4.78, 5) is 24.6. The number of nitrogens with zero attached hydrogens (tertiary/aromatic N) is 1. The molecule has 1 aromatic carbocycles. The zero-order chi connectivity index (χ0) is 13.7. The third-order valence-electron chi connectivity index (χ3n) is 2.41. The van der Waals surface area contributed by atoms with Crippen LogP contribution < -0.4 is 11.5 Å². The van der Waals surface area contributed by atoms with E-state index in [1.54, 1.807) is 31.2 Å². The Bertz CT molecular complexity index is 488. The highest BCUT2D eigenvalue weighted by Crippen LogP contribution is 2.08. The Hall–Kier alpha value is -1.95. The fourth-order valence-corrected chi connectivity index (χ4v) is 1.63. The van der Waals surface area contributed by atoms with E-state index in [-0.39, 0.29) is 17.4 Å². The van der Waals surface area contributed by atoms with Crippen molar-refractivity contribution in [2.75, 3.05) is 13.1 Å². The molecular weight excluding hydrogens is 250 g/mol. The van der Waals surface area contributed by atoms with Crippen LogP contribution in [0.2, 0.25) is 0 Å². The van der Waals surface area contributed by atoms with E-state index in [1.165, 1.54) is 4.90 Å². The third kappa shape index (κ3) is 3.53. The van der Waals surface area contributed by atoms with E-state index in [2.05, 4.69) is 0 Å². The van der Waals surface area contributed by atoms with E-state index in [0.29, 0.717) is 17.7 Å². The zero-order valence-electron chi connectivity index (χ0n) is 10.1. The lowest BCUT2D eigenvalue weighted by atomic mass is 10.1. The first-order valence-electron chi connectivity index (χ1n) is 5.43. The smallest absolute Gasteiger partial charge is 0.254 e. The van der Waals surface area contributed by atoms with Gasteiger partial charge in [-0.15, -0.1) is 0 Å². The highest BCUT2D eigenvalue weighted by Gasteiger charge is 2.16. The molecule has 0 aliphatic carbocycles. The lowest BCUT2D eigenvalue weighted by molar-refractivity contribution is -0.118. The van der Waals surface area contributed by atoms with Crippen LogP contribution in [-0.4, -0.2) is 34.8 Å². The van der Waals surface area contributed by atoms with Gasteiger partial charge >= 0.3 is 0 Å². The molecule has 1 rings (SSSR count). The Morgan fingerprint density at radius 1 is 1.28 bits per heavy atom. The summed E-state index contributed by atoms with van der Waals surface area (Å²) in [6.45, 7) is 2.07. The quantitative estimate of drug-likeness (QED) is 0.748. The van der Waals surface area contributed by atoms with Gasteiger partial charge in [0, 0.05) is 17.7 Å². The highest BCUT2D eigenvalue weighted by molar-refractivity contribution is 7.80. The maximum Gasteiger partial charge on any atom is 0.254 e. The van der Waals surface area contributed by atoms with Crippen molar-refractivity contribution in [3.05, 3.63) is 35.4 Å². The van der Waals surface area contributed by atoms with E-state index in [9.17, 15) is 9.59 Å². The molecule has 4 N–H and O–H groups in total. The first-order chi connectivity index (χ1) is 8.45. The molecule has 0 aliphatic heterocycles. The number of amides is 2.